The lowest BCUT2D eigenvalue weighted by atomic mass is 9.86. The van der Waals surface area contributed by atoms with Gasteiger partial charge in [0, 0.05) is 24.7 Å². The summed E-state index contributed by atoms with van der Waals surface area (Å²) < 4.78 is 2.15. The zero-order chi connectivity index (χ0) is 16.7. The molecule has 1 aromatic heterocycles. The SMILES string of the molecule is Cn1c(C#CCCC2CCCCC2)ccc1CCC(C)(N)CO. The van der Waals surface area contributed by atoms with Gasteiger partial charge in [0.25, 0.3) is 0 Å². The van der Waals surface area contributed by atoms with E-state index in [1.165, 1.54) is 44.2 Å². The number of rotatable bonds is 6. The number of nitrogens with zero attached hydrogens (tertiary/aromatic N) is 1. The lowest BCUT2D eigenvalue weighted by Crippen LogP contribution is -2.40. The highest BCUT2D eigenvalue weighted by Gasteiger charge is 2.17. The van der Waals surface area contributed by atoms with E-state index in [4.69, 9.17) is 5.73 Å². The van der Waals surface area contributed by atoms with Crippen LogP contribution in [0.4, 0.5) is 0 Å². The minimum atomic E-state index is -0.504. The summed E-state index contributed by atoms with van der Waals surface area (Å²) >= 11 is 0. The molecule has 1 aliphatic carbocycles. The highest BCUT2D eigenvalue weighted by molar-refractivity contribution is 5.32. The third-order valence-corrected chi connectivity index (χ3v) is 5.16. The molecule has 0 radical (unpaired) electrons. The van der Waals surface area contributed by atoms with Crippen LogP contribution in [0, 0.1) is 17.8 Å². The van der Waals surface area contributed by atoms with Gasteiger partial charge in [-0.25, -0.2) is 0 Å². The third kappa shape index (κ3) is 5.71. The van der Waals surface area contributed by atoms with Gasteiger partial charge in [0.15, 0.2) is 0 Å². The summed E-state index contributed by atoms with van der Waals surface area (Å²) in [5.74, 6) is 7.57. The first-order chi connectivity index (χ1) is 11.0. The normalized spacial score (nSPS) is 18.3. The van der Waals surface area contributed by atoms with Crippen molar-refractivity contribution in [1.29, 1.82) is 0 Å². The lowest BCUT2D eigenvalue weighted by molar-refractivity contribution is 0.200. The molecule has 1 atom stereocenters. The van der Waals surface area contributed by atoms with Crippen LogP contribution in [0.5, 0.6) is 0 Å². The van der Waals surface area contributed by atoms with Crippen LogP contribution < -0.4 is 5.73 Å². The van der Waals surface area contributed by atoms with Crippen LogP contribution in [0.15, 0.2) is 12.1 Å². The van der Waals surface area contributed by atoms with Crippen LogP contribution in [0.1, 0.15) is 69.7 Å². The Hall–Kier alpha value is -1.24. The highest BCUT2D eigenvalue weighted by atomic mass is 16.3. The number of nitrogens with two attached hydrogens (primary N) is 1. The number of hydrogen-bond donors (Lipinski definition) is 2. The Bertz CT molecular complexity index is 542. The summed E-state index contributed by atoms with van der Waals surface area (Å²) in [7, 11) is 2.06. The van der Waals surface area contributed by atoms with Crippen LogP contribution in [-0.4, -0.2) is 21.8 Å². The van der Waals surface area contributed by atoms with E-state index >= 15 is 0 Å². The van der Waals surface area contributed by atoms with Crippen molar-refractivity contribution in [1.82, 2.24) is 4.57 Å². The zero-order valence-corrected chi connectivity index (χ0v) is 14.8. The van der Waals surface area contributed by atoms with E-state index < -0.39 is 5.54 Å². The molecule has 0 saturated heterocycles. The maximum absolute atomic E-state index is 9.24. The van der Waals surface area contributed by atoms with Crippen molar-refractivity contribution in [2.24, 2.45) is 18.7 Å². The second-order valence-corrected chi connectivity index (χ2v) is 7.43. The number of aliphatic hydroxyl groups is 1. The Morgan fingerprint density at radius 3 is 2.74 bits per heavy atom. The van der Waals surface area contributed by atoms with Gasteiger partial charge in [0.2, 0.25) is 0 Å². The predicted octanol–water partition coefficient (Wildman–Crippen LogP) is 3.38. The second-order valence-electron chi connectivity index (χ2n) is 7.43. The molecule has 1 aliphatic rings. The molecule has 1 fully saturated rings. The van der Waals surface area contributed by atoms with Crippen molar-refractivity contribution in [2.75, 3.05) is 6.61 Å². The molecule has 3 nitrogen and oxygen atoms in total. The van der Waals surface area contributed by atoms with Gasteiger partial charge in [0.1, 0.15) is 0 Å². The largest absolute Gasteiger partial charge is 0.394 e. The molecule has 0 aliphatic heterocycles. The van der Waals surface area contributed by atoms with Crippen molar-refractivity contribution in [3.63, 3.8) is 0 Å². The summed E-state index contributed by atoms with van der Waals surface area (Å²) in [5.41, 5.74) is 7.80. The molecule has 0 bridgehead atoms. The van der Waals surface area contributed by atoms with Crippen molar-refractivity contribution in [3.8, 4) is 11.8 Å². The molecule has 2 rings (SSSR count). The van der Waals surface area contributed by atoms with E-state index in [-0.39, 0.29) is 6.61 Å². The summed E-state index contributed by atoms with van der Waals surface area (Å²) in [6.07, 6.45) is 11.0. The van der Waals surface area contributed by atoms with Crippen LogP contribution in [0.3, 0.4) is 0 Å². The van der Waals surface area contributed by atoms with E-state index in [1.807, 2.05) is 6.92 Å². The summed E-state index contributed by atoms with van der Waals surface area (Å²) in [5, 5.41) is 9.24. The number of aliphatic hydroxyl groups excluding tert-OH is 1. The molecule has 1 unspecified atom stereocenters. The van der Waals surface area contributed by atoms with Crippen LogP contribution in [-0.2, 0) is 13.5 Å². The van der Waals surface area contributed by atoms with Gasteiger partial charge in [-0.1, -0.05) is 38.0 Å². The van der Waals surface area contributed by atoms with E-state index in [9.17, 15) is 5.11 Å². The summed E-state index contributed by atoms with van der Waals surface area (Å²) in [6, 6.07) is 4.22. The minimum Gasteiger partial charge on any atom is -0.394 e. The molecule has 23 heavy (non-hydrogen) atoms. The van der Waals surface area contributed by atoms with Crippen molar-refractivity contribution in [2.45, 2.75) is 70.3 Å². The standard InChI is InChI=1S/C20H32N2O/c1-20(21,16-23)15-14-19-13-12-18(22(19)2)11-7-6-10-17-8-4-3-5-9-17/h12-13,17,23H,3-6,8-10,14-16,21H2,1-2H3. The van der Waals surface area contributed by atoms with E-state index in [2.05, 4.69) is 35.6 Å². The topological polar surface area (TPSA) is 51.2 Å². The van der Waals surface area contributed by atoms with Gasteiger partial charge >= 0.3 is 0 Å². The molecule has 0 amide bonds. The fraction of sp³-hybridized carbons (Fsp3) is 0.700. The second kappa shape index (κ2) is 8.57. The first-order valence-electron chi connectivity index (χ1n) is 9.05. The lowest BCUT2D eigenvalue weighted by Gasteiger charge is -2.21. The Labute approximate surface area is 141 Å². The first kappa shape index (κ1) is 18.1. The molecule has 0 spiro atoms. The molecular formula is C20H32N2O. The number of aromatic nitrogens is 1. The fourth-order valence-corrected chi connectivity index (χ4v) is 3.33. The van der Waals surface area contributed by atoms with Gasteiger partial charge in [-0.3, -0.25) is 0 Å². The maximum atomic E-state index is 9.24. The average Bonchev–Trinajstić information content (AvgIpc) is 2.91. The Morgan fingerprint density at radius 1 is 1.30 bits per heavy atom. The van der Waals surface area contributed by atoms with Crippen LogP contribution >= 0.6 is 0 Å². The van der Waals surface area contributed by atoms with E-state index in [0.717, 1.165) is 30.9 Å². The molecule has 1 saturated carbocycles. The Kier molecular flexibility index (Phi) is 6.74. The van der Waals surface area contributed by atoms with E-state index in [1.54, 1.807) is 0 Å². The first-order valence-corrected chi connectivity index (χ1v) is 9.05. The smallest absolute Gasteiger partial charge is 0.0919 e. The monoisotopic (exact) mass is 316 g/mol. The molecule has 3 N–H and O–H groups in total. The fourth-order valence-electron chi connectivity index (χ4n) is 3.33. The molecule has 1 heterocycles. The van der Waals surface area contributed by atoms with Crippen LogP contribution in [0.25, 0.3) is 0 Å². The summed E-state index contributed by atoms with van der Waals surface area (Å²) in [6.45, 7) is 1.91. The van der Waals surface area contributed by atoms with Crippen molar-refractivity contribution >= 4 is 0 Å². The van der Waals surface area contributed by atoms with Crippen LogP contribution in [0.2, 0.25) is 0 Å². The molecule has 0 aromatic carbocycles. The maximum Gasteiger partial charge on any atom is 0.0919 e. The highest BCUT2D eigenvalue weighted by Crippen LogP contribution is 2.27. The third-order valence-electron chi connectivity index (χ3n) is 5.16. The van der Waals surface area contributed by atoms with Gasteiger partial charge in [-0.05, 0) is 50.2 Å². The molecule has 1 aromatic rings. The van der Waals surface area contributed by atoms with Gasteiger partial charge in [-0.15, -0.1) is 0 Å². The molecular weight excluding hydrogens is 284 g/mol. The zero-order valence-electron chi connectivity index (χ0n) is 14.8. The van der Waals surface area contributed by atoms with E-state index in [0.29, 0.717) is 0 Å². The summed E-state index contributed by atoms with van der Waals surface area (Å²) in [4.78, 5) is 0. The molecule has 3 heteroatoms. The quantitative estimate of drug-likeness (QED) is 0.791. The molecule has 128 valence electrons. The number of hydrogen-bond acceptors (Lipinski definition) is 2. The Morgan fingerprint density at radius 2 is 2.04 bits per heavy atom. The van der Waals surface area contributed by atoms with Gasteiger partial charge in [0.05, 0.1) is 12.3 Å². The predicted molar refractivity (Wildman–Crippen MR) is 96.1 cm³/mol. The van der Waals surface area contributed by atoms with Crippen molar-refractivity contribution < 1.29 is 5.11 Å². The van der Waals surface area contributed by atoms with Gasteiger partial charge < -0.3 is 15.4 Å². The Balaban J connectivity index is 1.83. The van der Waals surface area contributed by atoms with Crippen molar-refractivity contribution in [3.05, 3.63) is 23.5 Å². The average molecular weight is 316 g/mol. The number of aryl methyl sites for hydroxylation is 1. The minimum absolute atomic E-state index is 0.0191. The van der Waals surface area contributed by atoms with Gasteiger partial charge in [-0.2, -0.15) is 0 Å².